The maximum atomic E-state index is 5.15. The van der Waals surface area contributed by atoms with Crippen molar-refractivity contribution in [2.24, 2.45) is 0 Å². The van der Waals surface area contributed by atoms with E-state index in [1.807, 2.05) is 0 Å². The van der Waals surface area contributed by atoms with Crippen molar-refractivity contribution in [3.63, 3.8) is 0 Å². The predicted molar refractivity (Wildman–Crippen MR) is 78.6 cm³/mol. The zero-order valence-electron chi connectivity index (χ0n) is 12.2. The molecule has 0 saturated heterocycles. The lowest BCUT2D eigenvalue weighted by Crippen LogP contribution is -2.36. The van der Waals surface area contributed by atoms with Crippen LogP contribution in [-0.2, 0) is 11.3 Å². The number of hydrogen-bond acceptors (Lipinski definition) is 2. The molecule has 1 aromatic rings. The SMILES string of the molecule is COCc1cccc(C=C(C)CNC(C)(C)C)c1. The van der Waals surface area contributed by atoms with Crippen LogP contribution in [0.1, 0.15) is 38.8 Å². The Labute approximate surface area is 111 Å². The third kappa shape index (κ3) is 5.99. The van der Waals surface area contributed by atoms with Gasteiger partial charge >= 0.3 is 0 Å². The highest BCUT2D eigenvalue weighted by Gasteiger charge is 2.07. The van der Waals surface area contributed by atoms with Gasteiger partial charge in [-0.2, -0.15) is 0 Å². The Morgan fingerprint density at radius 3 is 2.67 bits per heavy atom. The first-order valence-corrected chi connectivity index (χ1v) is 6.41. The van der Waals surface area contributed by atoms with Crippen molar-refractivity contribution in [2.75, 3.05) is 13.7 Å². The summed E-state index contributed by atoms with van der Waals surface area (Å²) in [6, 6.07) is 8.46. The molecule has 100 valence electrons. The zero-order valence-corrected chi connectivity index (χ0v) is 12.2. The van der Waals surface area contributed by atoms with Crippen molar-refractivity contribution < 1.29 is 4.74 Å². The van der Waals surface area contributed by atoms with Crippen LogP contribution in [0.3, 0.4) is 0 Å². The molecule has 1 aromatic carbocycles. The maximum Gasteiger partial charge on any atom is 0.0713 e. The van der Waals surface area contributed by atoms with E-state index in [-0.39, 0.29) is 5.54 Å². The standard InChI is InChI=1S/C16H25NO/c1-13(11-17-16(2,3)4)9-14-7-6-8-15(10-14)12-18-5/h6-10,17H,11-12H2,1-5H3. The van der Waals surface area contributed by atoms with E-state index in [9.17, 15) is 0 Å². The molecule has 0 saturated carbocycles. The average Bonchev–Trinajstić information content (AvgIpc) is 2.26. The molecule has 2 nitrogen and oxygen atoms in total. The zero-order chi connectivity index (χ0) is 13.6. The largest absolute Gasteiger partial charge is 0.380 e. The monoisotopic (exact) mass is 247 g/mol. The van der Waals surface area contributed by atoms with Gasteiger partial charge in [-0.15, -0.1) is 0 Å². The fourth-order valence-electron chi connectivity index (χ4n) is 1.68. The number of rotatable bonds is 5. The molecule has 0 aromatic heterocycles. The van der Waals surface area contributed by atoms with Crippen LogP contribution in [0.25, 0.3) is 6.08 Å². The first-order chi connectivity index (χ1) is 8.40. The van der Waals surface area contributed by atoms with Gasteiger partial charge in [0.2, 0.25) is 0 Å². The molecule has 0 unspecified atom stereocenters. The van der Waals surface area contributed by atoms with Gasteiger partial charge < -0.3 is 10.1 Å². The molecule has 18 heavy (non-hydrogen) atoms. The minimum atomic E-state index is 0.160. The van der Waals surface area contributed by atoms with E-state index in [1.54, 1.807) is 7.11 Å². The third-order valence-corrected chi connectivity index (χ3v) is 2.57. The lowest BCUT2D eigenvalue weighted by molar-refractivity contribution is 0.185. The van der Waals surface area contributed by atoms with Crippen molar-refractivity contribution in [1.82, 2.24) is 5.32 Å². The molecule has 0 spiro atoms. The van der Waals surface area contributed by atoms with E-state index in [0.717, 1.165) is 6.54 Å². The highest BCUT2D eigenvalue weighted by Crippen LogP contribution is 2.11. The van der Waals surface area contributed by atoms with Gasteiger partial charge in [0.15, 0.2) is 0 Å². The Morgan fingerprint density at radius 2 is 2.06 bits per heavy atom. The van der Waals surface area contributed by atoms with E-state index < -0.39 is 0 Å². The molecule has 1 N–H and O–H groups in total. The molecular weight excluding hydrogens is 222 g/mol. The van der Waals surface area contributed by atoms with Crippen LogP contribution in [0.5, 0.6) is 0 Å². The Bertz CT molecular complexity index is 402. The summed E-state index contributed by atoms with van der Waals surface area (Å²) in [6.07, 6.45) is 2.22. The molecule has 0 aliphatic heterocycles. The highest BCUT2D eigenvalue weighted by molar-refractivity contribution is 5.53. The van der Waals surface area contributed by atoms with Crippen molar-refractivity contribution in [3.05, 3.63) is 41.0 Å². The Balaban J connectivity index is 2.66. The molecule has 0 fully saturated rings. The highest BCUT2D eigenvalue weighted by atomic mass is 16.5. The molecule has 0 atom stereocenters. The van der Waals surface area contributed by atoms with Gasteiger partial charge in [0.1, 0.15) is 0 Å². The van der Waals surface area contributed by atoms with E-state index in [1.165, 1.54) is 16.7 Å². The topological polar surface area (TPSA) is 21.3 Å². The number of ether oxygens (including phenoxy) is 1. The molecule has 0 aliphatic rings. The van der Waals surface area contributed by atoms with Crippen LogP contribution in [0.4, 0.5) is 0 Å². The molecule has 0 bridgehead atoms. The summed E-state index contributed by atoms with van der Waals surface area (Å²) < 4.78 is 5.15. The number of hydrogen-bond donors (Lipinski definition) is 1. The summed E-state index contributed by atoms with van der Waals surface area (Å²) in [5, 5.41) is 3.49. The van der Waals surface area contributed by atoms with Gasteiger partial charge in [-0.1, -0.05) is 29.8 Å². The lowest BCUT2D eigenvalue weighted by Gasteiger charge is -2.20. The van der Waals surface area contributed by atoms with Crippen LogP contribution in [0.15, 0.2) is 29.8 Å². The second-order valence-corrected chi connectivity index (χ2v) is 5.77. The summed E-state index contributed by atoms with van der Waals surface area (Å²) in [4.78, 5) is 0. The van der Waals surface area contributed by atoms with Gasteiger partial charge in [0.05, 0.1) is 6.61 Å². The summed E-state index contributed by atoms with van der Waals surface area (Å²) in [7, 11) is 1.72. The normalized spacial score (nSPS) is 12.8. The van der Waals surface area contributed by atoms with Crippen molar-refractivity contribution in [1.29, 1.82) is 0 Å². The second-order valence-electron chi connectivity index (χ2n) is 5.77. The molecule has 0 radical (unpaired) electrons. The molecule has 0 aliphatic carbocycles. The quantitative estimate of drug-likeness (QED) is 0.858. The van der Waals surface area contributed by atoms with Crippen molar-refractivity contribution in [3.8, 4) is 0 Å². The predicted octanol–water partition coefficient (Wildman–Crippen LogP) is 3.62. The van der Waals surface area contributed by atoms with Crippen LogP contribution >= 0.6 is 0 Å². The van der Waals surface area contributed by atoms with Gasteiger partial charge in [-0.05, 0) is 44.9 Å². The van der Waals surface area contributed by atoms with E-state index in [4.69, 9.17) is 4.74 Å². The summed E-state index contributed by atoms with van der Waals surface area (Å²) in [5.74, 6) is 0. The average molecular weight is 247 g/mol. The van der Waals surface area contributed by atoms with E-state index in [2.05, 4.69) is 63.4 Å². The first kappa shape index (κ1) is 14.9. The van der Waals surface area contributed by atoms with Gasteiger partial charge in [-0.25, -0.2) is 0 Å². The van der Waals surface area contributed by atoms with Gasteiger partial charge in [-0.3, -0.25) is 0 Å². The Kier molecular flexibility index (Phi) is 5.57. The van der Waals surface area contributed by atoms with Gasteiger partial charge in [0, 0.05) is 19.2 Å². The first-order valence-electron chi connectivity index (χ1n) is 6.41. The number of nitrogens with one attached hydrogen (secondary N) is 1. The summed E-state index contributed by atoms with van der Waals surface area (Å²) in [6.45, 7) is 10.3. The molecule has 2 heteroatoms. The van der Waals surface area contributed by atoms with E-state index >= 15 is 0 Å². The molecule has 0 amide bonds. The third-order valence-electron chi connectivity index (χ3n) is 2.57. The molecule has 0 heterocycles. The fourth-order valence-corrected chi connectivity index (χ4v) is 1.68. The Hall–Kier alpha value is -1.12. The molecular formula is C16H25NO. The van der Waals surface area contributed by atoms with Crippen LogP contribution in [-0.4, -0.2) is 19.2 Å². The molecule has 1 rings (SSSR count). The minimum Gasteiger partial charge on any atom is -0.380 e. The van der Waals surface area contributed by atoms with Gasteiger partial charge in [0.25, 0.3) is 0 Å². The second kappa shape index (κ2) is 6.72. The van der Waals surface area contributed by atoms with Crippen molar-refractivity contribution >= 4 is 6.08 Å². The van der Waals surface area contributed by atoms with Crippen LogP contribution < -0.4 is 5.32 Å². The fraction of sp³-hybridized carbons (Fsp3) is 0.500. The van der Waals surface area contributed by atoms with Crippen molar-refractivity contribution in [2.45, 2.75) is 39.8 Å². The summed E-state index contributed by atoms with van der Waals surface area (Å²) >= 11 is 0. The lowest BCUT2D eigenvalue weighted by atomic mass is 10.1. The Morgan fingerprint density at radius 1 is 1.33 bits per heavy atom. The van der Waals surface area contributed by atoms with E-state index in [0.29, 0.717) is 6.61 Å². The minimum absolute atomic E-state index is 0.160. The maximum absolute atomic E-state index is 5.15. The van der Waals surface area contributed by atoms with Crippen LogP contribution in [0.2, 0.25) is 0 Å². The summed E-state index contributed by atoms with van der Waals surface area (Å²) in [5.41, 5.74) is 3.94. The number of benzene rings is 1. The number of methoxy groups -OCH3 is 1. The van der Waals surface area contributed by atoms with Crippen LogP contribution in [0, 0.1) is 0 Å². The smallest absolute Gasteiger partial charge is 0.0713 e.